The maximum atomic E-state index is 13.5. The molecule has 0 aliphatic rings. The summed E-state index contributed by atoms with van der Waals surface area (Å²) in [6.45, 7) is 1.13. The summed E-state index contributed by atoms with van der Waals surface area (Å²) >= 11 is 0. The molecule has 0 bridgehead atoms. The predicted octanol–water partition coefficient (Wildman–Crippen LogP) is 4.12. The minimum atomic E-state index is -4.26. The highest BCUT2D eigenvalue weighted by Crippen LogP contribution is 2.31. The highest BCUT2D eigenvalue weighted by Gasteiger charge is 2.30. The zero-order valence-electron chi connectivity index (χ0n) is 16.8. The predicted molar refractivity (Wildman–Crippen MR) is 114 cm³/mol. The molecule has 0 saturated carbocycles. The average molecular weight is 446 g/mol. The Morgan fingerprint density at radius 3 is 2.13 bits per heavy atom. The van der Waals surface area contributed by atoms with Crippen LogP contribution in [-0.2, 0) is 14.8 Å². The van der Waals surface area contributed by atoms with Crippen molar-refractivity contribution in [3.63, 3.8) is 0 Å². The Kier molecular flexibility index (Phi) is 6.55. The molecule has 0 fully saturated rings. The quantitative estimate of drug-likeness (QED) is 0.593. The van der Waals surface area contributed by atoms with Crippen molar-refractivity contribution in [2.45, 2.75) is 11.8 Å². The second-order valence-electron chi connectivity index (χ2n) is 6.70. The van der Waals surface area contributed by atoms with Crippen LogP contribution in [0.2, 0.25) is 0 Å². The van der Waals surface area contributed by atoms with E-state index in [9.17, 15) is 22.0 Å². The van der Waals surface area contributed by atoms with Gasteiger partial charge in [-0.15, -0.1) is 0 Å². The van der Waals surface area contributed by atoms with E-state index in [1.165, 1.54) is 55.6 Å². The van der Waals surface area contributed by atoms with Crippen molar-refractivity contribution >= 4 is 27.3 Å². The normalized spacial score (nSPS) is 11.1. The van der Waals surface area contributed by atoms with Crippen LogP contribution in [0.5, 0.6) is 5.75 Å². The number of anilines is 2. The molecule has 0 aliphatic heterocycles. The van der Waals surface area contributed by atoms with Gasteiger partial charge in [0.15, 0.2) is 0 Å². The molecule has 1 amide bonds. The van der Waals surface area contributed by atoms with E-state index >= 15 is 0 Å². The molecule has 0 saturated heterocycles. The van der Waals surface area contributed by atoms with Crippen molar-refractivity contribution in [1.82, 2.24) is 0 Å². The molecule has 6 nitrogen and oxygen atoms in total. The fraction of sp³-hybridized carbons (Fsp3) is 0.136. The van der Waals surface area contributed by atoms with Crippen LogP contribution in [0.1, 0.15) is 5.56 Å². The van der Waals surface area contributed by atoms with Crippen LogP contribution >= 0.6 is 0 Å². The lowest BCUT2D eigenvalue weighted by Gasteiger charge is -2.25. The number of nitrogens with zero attached hydrogens (tertiary/aromatic N) is 1. The van der Waals surface area contributed by atoms with Gasteiger partial charge in [0.25, 0.3) is 10.0 Å². The maximum absolute atomic E-state index is 13.5. The fourth-order valence-electron chi connectivity index (χ4n) is 2.89. The number of benzene rings is 3. The largest absolute Gasteiger partial charge is 0.495 e. The van der Waals surface area contributed by atoms with Crippen LogP contribution in [0.25, 0.3) is 0 Å². The third-order valence-electron chi connectivity index (χ3n) is 4.42. The average Bonchev–Trinajstić information content (AvgIpc) is 2.74. The first-order valence-electron chi connectivity index (χ1n) is 9.19. The van der Waals surface area contributed by atoms with E-state index in [0.717, 1.165) is 16.4 Å². The van der Waals surface area contributed by atoms with Gasteiger partial charge in [-0.3, -0.25) is 9.10 Å². The van der Waals surface area contributed by atoms with Crippen molar-refractivity contribution in [2.75, 3.05) is 23.3 Å². The molecule has 0 aromatic heterocycles. The summed E-state index contributed by atoms with van der Waals surface area (Å²) in [4.78, 5) is 12.5. The van der Waals surface area contributed by atoms with Crippen LogP contribution in [-0.4, -0.2) is 28.0 Å². The van der Waals surface area contributed by atoms with Gasteiger partial charge in [-0.25, -0.2) is 17.2 Å². The molecule has 162 valence electrons. The third kappa shape index (κ3) is 5.18. The Morgan fingerprint density at radius 2 is 1.55 bits per heavy atom. The van der Waals surface area contributed by atoms with Crippen molar-refractivity contribution in [1.29, 1.82) is 0 Å². The van der Waals surface area contributed by atoms with Crippen LogP contribution in [0.3, 0.4) is 0 Å². The Hall–Kier alpha value is -3.46. The van der Waals surface area contributed by atoms with Crippen molar-refractivity contribution in [3.8, 4) is 5.75 Å². The minimum Gasteiger partial charge on any atom is -0.495 e. The number of carbonyl (C=O) groups excluding carboxylic acids is 1. The minimum absolute atomic E-state index is 0.0965. The number of hydrogen-bond acceptors (Lipinski definition) is 4. The molecule has 0 aliphatic carbocycles. The second-order valence-corrected chi connectivity index (χ2v) is 8.53. The summed E-state index contributed by atoms with van der Waals surface area (Å²) in [6, 6.07) is 14.4. The number of halogens is 2. The lowest BCUT2D eigenvalue weighted by molar-refractivity contribution is -0.114. The molecule has 0 unspecified atom stereocenters. The standard InChI is InChI=1S/C22H20F2N2O4S/c1-15-3-12-20(30-2)21(13-15)31(28,29)26(19-10-6-17(24)7-11-19)14-22(27)25-18-8-4-16(23)5-9-18/h3-13H,14H2,1-2H3,(H,25,27). The highest BCUT2D eigenvalue weighted by atomic mass is 32.2. The molecular weight excluding hydrogens is 426 g/mol. The molecule has 9 heteroatoms. The van der Waals surface area contributed by atoms with Gasteiger partial charge in [0.1, 0.15) is 28.8 Å². The molecule has 3 aromatic carbocycles. The van der Waals surface area contributed by atoms with Crippen molar-refractivity contribution in [3.05, 3.63) is 83.9 Å². The van der Waals surface area contributed by atoms with Gasteiger partial charge in [-0.05, 0) is 73.2 Å². The molecule has 0 heterocycles. The molecule has 0 radical (unpaired) electrons. The zero-order chi connectivity index (χ0) is 22.6. The number of carbonyl (C=O) groups is 1. The number of methoxy groups -OCH3 is 1. The molecule has 3 rings (SSSR count). The van der Waals surface area contributed by atoms with Crippen LogP contribution < -0.4 is 14.4 Å². The van der Waals surface area contributed by atoms with E-state index in [-0.39, 0.29) is 16.3 Å². The molecule has 0 spiro atoms. The van der Waals surface area contributed by atoms with E-state index in [4.69, 9.17) is 4.74 Å². The molecule has 1 N–H and O–H groups in total. The highest BCUT2D eigenvalue weighted by molar-refractivity contribution is 7.93. The number of sulfonamides is 1. The zero-order valence-corrected chi connectivity index (χ0v) is 17.6. The SMILES string of the molecule is COc1ccc(C)cc1S(=O)(=O)N(CC(=O)Nc1ccc(F)cc1)c1ccc(F)cc1. The number of rotatable bonds is 7. The first kappa shape index (κ1) is 22.2. The Morgan fingerprint density at radius 1 is 0.968 bits per heavy atom. The number of nitrogens with one attached hydrogen (secondary N) is 1. The first-order chi connectivity index (χ1) is 14.7. The molecule has 31 heavy (non-hydrogen) atoms. The van der Waals surface area contributed by atoms with E-state index in [1.54, 1.807) is 13.0 Å². The van der Waals surface area contributed by atoms with Gasteiger partial charge < -0.3 is 10.1 Å². The summed E-state index contributed by atoms with van der Waals surface area (Å²) in [5, 5.41) is 2.53. The Balaban J connectivity index is 2.00. The number of aryl methyl sites for hydroxylation is 1. The van der Waals surface area contributed by atoms with Crippen molar-refractivity contribution in [2.24, 2.45) is 0 Å². The summed E-state index contributed by atoms with van der Waals surface area (Å²) in [6.07, 6.45) is 0. The van der Waals surface area contributed by atoms with Gasteiger partial charge in [0.05, 0.1) is 12.8 Å². The topological polar surface area (TPSA) is 75.7 Å². The van der Waals surface area contributed by atoms with Gasteiger partial charge in [-0.2, -0.15) is 0 Å². The van der Waals surface area contributed by atoms with E-state index in [0.29, 0.717) is 11.3 Å². The first-order valence-corrected chi connectivity index (χ1v) is 10.6. The van der Waals surface area contributed by atoms with Crippen molar-refractivity contribution < 1.29 is 26.7 Å². The lowest BCUT2D eigenvalue weighted by atomic mass is 10.2. The molecular formula is C22H20F2N2O4S. The number of amides is 1. The van der Waals surface area contributed by atoms with E-state index < -0.39 is 34.1 Å². The fourth-order valence-corrected chi connectivity index (χ4v) is 4.56. The van der Waals surface area contributed by atoms with Gasteiger partial charge >= 0.3 is 0 Å². The van der Waals surface area contributed by atoms with Crippen LogP contribution in [0, 0.1) is 18.6 Å². The van der Waals surface area contributed by atoms with E-state index in [1.807, 2.05) is 0 Å². The smallest absolute Gasteiger partial charge is 0.268 e. The van der Waals surface area contributed by atoms with Crippen LogP contribution in [0.4, 0.5) is 20.2 Å². The monoisotopic (exact) mass is 446 g/mol. The summed E-state index contributed by atoms with van der Waals surface area (Å²) in [7, 11) is -2.92. The van der Waals surface area contributed by atoms with Gasteiger partial charge in [-0.1, -0.05) is 6.07 Å². The third-order valence-corrected chi connectivity index (χ3v) is 6.21. The van der Waals surface area contributed by atoms with E-state index in [2.05, 4.69) is 5.32 Å². The molecule has 3 aromatic rings. The Labute approximate surface area is 179 Å². The van der Waals surface area contributed by atoms with Gasteiger partial charge in [0.2, 0.25) is 5.91 Å². The number of ether oxygens (including phenoxy) is 1. The summed E-state index contributed by atoms with van der Waals surface area (Å²) in [5.41, 5.74) is 1.07. The number of hydrogen-bond donors (Lipinski definition) is 1. The summed E-state index contributed by atoms with van der Waals surface area (Å²) < 4.78 is 59.6. The van der Waals surface area contributed by atoms with Crippen LogP contribution in [0.15, 0.2) is 71.6 Å². The Bertz CT molecular complexity index is 1180. The lowest BCUT2D eigenvalue weighted by Crippen LogP contribution is -2.38. The summed E-state index contributed by atoms with van der Waals surface area (Å²) in [5.74, 6) is -1.58. The second kappa shape index (κ2) is 9.13. The molecule has 0 atom stereocenters. The van der Waals surface area contributed by atoms with Gasteiger partial charge in [0, 0.05) is 5.69 Å². The maximum Gasteiger partial charge on any atom is 0.268 e.